The Labute approximate surface area is 135 Å². The summed E-state index contributed by atoms with van der Waals surface area (Å²) in [5.74, 6) is 1.16. The predicted molar refractivity (Wildman–Crippen MR) is 92.9 cm³/mol. The van der Waals surface area contributed by atoms with Crippen molar-refractivity contribution in [1.29, 1.82) is 0 Å². The minimum absolute atomic E-state index is 0.0401. The number of nitrogens with zero attached hydrogens (tertiary/aromatic N) is 1. The maximum absolute atomic E-state index is 12.4. The predicted octanol–water partition coefficient (Wildman–Crippen LogP) is 3.10. The summed E-state index contributed by atoms with van der Waals surface area (Å²) in [7, 11) is -1.16. The standard InChI is InChI=1S/C18H25NO2S/c1-15-10-12-19(13-11-15)18(20)16(2)22(21)14-6-9-17-7-4-3-5-8-17/h3-9,15-16H,10-14H2,1-2H3/b9-6+/t16-,22+/m1/s1. The van der Waals surface area contributed by atoms with E-state index in [4.69, 9.17) is 0 Å². The van der Waals surface area contributed by atoms with E-state index < -0.39 is 16.0 Å². The van der Waals surface area contributed by atoms with Crippen molar-refractivity contribution in [2.75, 3.05) is 18.8 Å². The van der Waals surface area contributed by atoms with E-state index in [1.165, 1.54) is 0 Å². The van der Waals surface area contributed by atoms with Gasteiger partial charge in [-0.2, -0.15) is 0 Å². The molecule has 0 aliphatic carbocycles. The second-order valence-electron chi connectivity index (χ2n) is 6.01. The highest BCUT2D eigenvalue weighted by Gasteiger charge is 2.27. The fraction of sp³-hybridized carbons (Fsp3) is 0.500. The second-order valence-corrected chi connectivity index (χ2v) is 7.81. The molecule has 1 aliphatic rings. The van der Waals surface area contributed by atoms with Crippen molar-refractivity contribution in [2.45, 2.75) is 31.9 Å². The molecule has 1 heterocycles. The number of hydrogen-bond donors (Lipinski definition) is 0. The minimum Gasteiger partial charge on any atom is -0.342 e. The van der Waals surface area contributed by atoms with Crippen LogP contribution in [0.4, 0.5) is 0 Å². The Kier molecular flexibility index (Phi) is 6.37. The van der Waals surface area contributed by atoms with Gasteiger partial charge in [0.2, 0.25) is 5.91 Å². The summed E-state index contributed by atoms with van der Waals surface area (Å²) in [5, 5.41) is -0.422. The van der Waals surface area contributed by atoms with Gasteiger partial charge in [0.05, 0.1) is 0 Å². The van der Waals surface area contributed by atoms with Crippen LogP contribution in [0.15, 0.2) is 36.4 Å². The summed E-state index contributed by atoms with van der Waals surface area (Å²) in [4.78, 5) is 14.3. The Bertz CT molecular complexity index is 533. The molecule has 4 heteroatoms. The molecule has 1 aromatic carbocycles. The van der Waals surface area contributed by atoms with Crippen molar-refractivity contribution in [2.24, 2.45) is 5.92 Å². The van der Waals surface area contributed by atoms with Crippen LogP contribution in [0.1, 0.15) is 32.3 Å². The number of likely N-dealkylation sites (tertiary alicyclic amines) is 1. The minimum atomic E-state index is -1.16. The molecule has 120 valence electrons. The molecule has 1 fully saturated rings. The lowest BCUT2D eigenvalue weighted by molar-refractivity contribution is -0.131. The van der Waals surface area contributed by atoms with Gasteiger partial charge in [0.1, 0.15) is 5.25 Å². The molecule has 0 saturated carbocycles. The molecule has 1 amide bonds. The lowest BCUT2D eigenvalue weighted by atomic mass is 9.99. The third-order valence-electron chi connectivity index (χ3n) is 4.21. The molecule has 1 aliphatic heterocycles. The van der Waals surface area contributed by atoms with Gasteiger partial charge in [-0.3, -0.25) is 9.00 Å². The van der Waals surface area contributed by atoms with Crippen LogP contribution >= 0.6 is 0 Å². The highest BCUT2D eigenvalue weighted by Crippen LogP contribution is 2.17. The number of benzene rings is 1. The van der Waals surface area contributed by atoms with Crippen molar-refractivity contribution >= 4 is 22.8 Å². The van der Waals surface area contributed by atoms with Crippen LogP contribution in [-0.2, 0) is 15.6 Å². The molecule has 1 saturated heterocycles. The molecule has 2 rings (SSSR count). The van der Waals surface area contributed by atoms with Crippen molar-refractivity contribution in [3.63, 3.8) is 0 Å². The number of carbonyl (C=O) groups excluding carboxylic acids is 1. The molecule has 2 atom stereocenters. The third-order valence-corrected chi connectivity index (χ3v) is 5.72. The van der Waals surface area contributed by atoms with E-state index in [0.29, 0.717) is 11.7 Å². The van der Waals surface area contributed by atoms with Gasteiger partial charge >= 0.3 is 0 Å². The molecular weight excluding hydrogens is 294 g/mol. The summed E-state index contributed by atoms with van der Waals surface area (Å²) in [5.41, 5.74) is 1.09. The Hall–Kier alpha value is -1.42. The second kappa shape index (κ2) is 8.28. The lowest BCUT2D eigenvalue weighted by Gasteiger charge is -2.31. The van der Waals surface area contributed by atoms with E-state index in [9.17, 15) is 9.00 Å². The first-order valence-electron chi connectivity index (χ1n) is 7.95. The van der Waals surface area contributed by atoms with Crippen LogP contribution in [0.25, 0.3) is 6.08 Å². The zero-order chi connectivity index (χ0) is 15.9. The molecule has 0 unspecified atom stereocenters. The first-order valence-corrected chi connectivity index (χ1v) is 9.33. The fourth-order valence-electron chi connectivity index (χ4n) is 2.59. The molecule has 0 radical (unpaired) electrons. The van der Waals surface area contributed by atoms with Crippen molar-refractivity contribution in [3.8, 4) is 0 Å². The highest BCUT2D eigenvalue weighted by atomic mass is 32.2. The molecule has 1 aromatic rings. The van der Waals surface area contributed by atoms with Crippen molar-refractivity contribution < 1.29 is 9.00 Å². The van der Waals surface area contributed by atoms with Gasteiger partial charge in [-0.05, 0) is 31.2 Å². The average molecular weight is 319 g/mol. The smallest absolute Gasteiger partial charge is 0.238 e. The Morgan fingerprint density at radius 2 is 1.95 bits per heavy atom. The third kappa shape index (κ3) is 4.80. The maximum atomic E-state index is 12.4. The highest BCUT2D eigenvalue weighted by molar-refractivity contribution is 7.86. The molecule has 0 aromatic heterocycles. The van der Waals surface area contributed by atoms with Crippen molar-refractivity contribution in [3.05, 3.63) is 42.0 Å². The van der Waals surface area contributed by atoms with Crippen LogP contribution in [-0.4, -0.2) is 39.1 Å². The van der Waals surface area contributed by atoms with E-state index in [1.807, 2.05) is 47.4 Å². The van der Waals surface area contributed by atoms with E-state index in [0.717, 1.165) is 31.5 Å². The zero-order valence-electron chi connectivity index (χ0n) is 13.4. The number of piperidine rings is 1. The van der Waals surface area contributed by atoms with Gasteiger partial charge in [0, 0.05) is 29.6 Å². The van der Waals surface area contributed by atoms with Crippen LogP contribution in [0.3, 0.4) is 0 Å². The first kappa shape index (κ1) is 16.9. The largest absolute Gasteiger partial charge is 0.342 e. The van der Waals surface area contributed by atoms with Gasteiger partial charge < -0.3 is 4.90 Å². The molecule has 0 N–H and O–H groups in total. The van der Waals surface area contributed by atoms with Gasteiger partial charge in [-0.1, -0.05) is 49.4 Å². The van der Waals surface area contributed by atoms with E-state index in [-0.39, 0.29) is 5.91 Å². The number of rotatable bonds is 5. The molecule has 22 heavy (non-hydrogen) atoms. The van der Waals surface area contributed by atoms with E-state index in [1.54, 1.807) is 6.92 Å². The normalized spacial score (nSPS) is 19.3. The number of hydrogen-bond acceptors (Lipinski definition) is 2. The Morgan fingerprint density at radius 1 is 1.32 bits per heavy atom. The van der Waals surface area contributed by atoms with Gasteiger partial charge in [-0.15, -0.1) is 0 Å². The Balaban J connectivity index is 1.84. The van der Waals surface area contributed by atoms with Crippen LogP contribution in [0, 0.1) is 5.92 Å². The quantitative estimate of drug-likeness (QED) is 0.836. The molecular formula is C18H25NO2S. The van der Waals surface area contributed by atoms with E-state index >= 15 is 0 Å². The first-order chi connectivity index (χ1) is 10.6. The van der Waals surface area contributed by atoms with Gasteiger partial charge in [0.15, 0.2) is 0 Å². The zero-order valence-corrected chi connectivity index (χ0v) is 14.2. The topological polar surface area (TPSA) is 37.4 Å². The molecule has 0 bridgehead atoms. The van der Waals surface area contributed by atoms with Crippen molar-refractivity contribution in [1.82, 2.24) is 4.90 Å². The average Bonchev–Trinajstić information content (AvgIpc) is 2.55. The SMILES string of the molecule is CC1CCN(C(=O)[C@@H](C)[S@@](=O)C/C=C/c2ccccc2)CC1. The summed E-state index contributed by atoms with van der Waals surface area (Å²) >= 11 is 0. The monoisotopic (exact) mass is 319 g/mol. The number of amides is 1. The summed E-state index contributed by atoms with van der Waals surface area (Å²) in [6.07, 6.45) is 5.96. The van der Waals surface area contributed by atoms with Crippen LogP contribution in [0.5, 0.6) is 0 Å². The number of carbonyl (C=O) groups is 1. The summed E-state index contributed by atoms with van der Waals surface area (Å²) in [6.45, 7) is 5.62. The fourth-order valence-corrected chi connectivity index (χ4v) is 3.53. The molecule has 0 spiro atoms. The van der Waals surface area contributed by atoms with Gasteiger partial charge in [-0.25, -0.2) is 0 Å². The van der Waals surface area contributed by atoms with E-state index in [2.05, 4.69) is 6.92 Å². The lowest BCUT2D eigenvalue weighted by Crippen LogP contribution is -2.44. The summed E-state index contributed by atoms with van der Waals surface area (Å²) in [6, 6.07) is 9.92. The summed E-state index contributed by atoms with van der Waals surface area (Å²) < 4.78 is 12.3. The van der Waals surface area contributed by atoms with Gasteiger partial charge in [0.25, 0.3) is 0 Å². The maximum Gasteiger partial charge on any atom is 0.238 e. The molecule has 3 nitrogen and oxygen atoms in total. The van der Waals surface area contributed by atoms with Crippen LogP contribution < -0.4 is 0 Å². The van der Waals surface area contributed by atoms with Crippen LogP contribution in [0.2, 0.25) is 0 Å². The Morgan fingerprint density at radius 3 is 2.59 bits per heavy atom.